The van der Waals surface area contributed by atoms with Gasteiger partial charge in [0.1, 0.15) is 0 Å². The molecule has 5 heteroatoms. The van der Waals surface area contributed by atoms with Gasteiger partial charge in [0.15, 0.2) is 0 Å². The first kappa shape index (κ1) is 16.5. The van der Waals surface area contributed by atoms with Gasteiger partial charge in [-0.15, -0.1) is 44.6 Å². The van der Waals surface area contributed by atoms with E-state index in [-0.39, 0.29) is 0 Å². The molecular formula is C10H22Cl2S2Si. The third kappa shape index (κ3) is 7.43. The van der Waals surface area contributed by atoms with Crippen LogP contribution in [0.2, 0.25) is 0 Å². The fraction of sp³-hybridized carbons (Fsp3) is 1.00. The van der Waals surface area contributed by atoms with Gasteiger partial charge in [0, 0.05) is 10.5 Å². The van der Waals surface area contributed by atoms with Crippen molar-refractivity contribution in [2.24, 2.45) is 11.8 Å². The maximum atomic E-state index is 6.44. The van der Waals surface area contributed by atoms with Crippen LogP contribution in [0.3, 0.4) is 0 Å². The lowest BCUT2D eigenvalue weighted by molar-refractivity contribution is 0.644. The van der Waals surface area contributed by atoms with Crippen molar-refractivity contribution >= 4 is 49.6 Å². The summed E-state index contributed by atoms with van der Waals surface area (Å²) in [6.07, 6.45) is 0. The molecule has 0 aliphatic heterocycles. The smallest absolute Gasteiger partial charge is 0.139 e. The van der Waals surface area contributed by atoms with Crippen LogP contribution < -0.4 is 0 Å². The third-order valence-corrected chi connectivity index (χ3v) is 13.7. The van der Waals surface area contributed by atoms with Crippen molar-refractivity contribution in [1.82, 2.24) is 0 Å². The Morgan fingerprint density at radius 2 is 1.00 bits per heavy atom. The minimum Gasteiger partial charge on any atom is -0.139 e. The van der Waals surface area contributed by atoms with Gasteiger partial charge in [0.25, 0.3) is 0 Å². The van der Waals surface area contributed by atoms with Gasteiger partial charge in [-0.1, -0.05) is 41.5 Å². The largest absolute Gasteiger partial charge is 0.370 e. The second-order valence-electron chi connectivity index (χ2n) is 4.60. The number of hydrogen-bond donors (Lipinski definition) is 0. The van der Waals surface area contributed by atoms with Crippen LogP contribution in [0.25, 0.3) is 0 Å². The summed E-state index contributed by atoms with van der Waals surface area (Å²) >= 11 is 16.5. The topological polar surface area (TPSA) is 0 Å². The molecule has 0 aliphatic carbocycles. The second-order valence-corrected chi connectivity index (χ2v) is 20.0. The molecule has 0 saturated heterocycles. The first-order valence-electron chi connectivity index (χ1n) is 5.39. The molecule has 92 valence electrons. The SMILES string of the molecule is CC(C)C(C)S[Si](Cl)(Cl)SC(C)C(C)C. The minimum atomic E-state index is -2.18. The number of hydrogen-bond acceptors (Lipinski definition) is 2. The molecule has 0 aromatic carbocycles. The average molecular weight is 305 g/mol. The number of rotatable bonds is 6. The Morgan fingerprint density at radius 3 is 1.20 bits per heavy atom. The van der Waals surface area contributed by atoms with Gasteiger partial charge in [0.2, 0.25) is 0 Å². The summed E-state index contributed by atoms with van der Waals surface area (Å²) in [5.74, 6) is 1.27. The molecule has 0 heterocycles. The van der Waals surface area contributed by atoms with Crippen LogP contribution in [0.1, 0.15) is 41.5 Å². The molecule has 15 heavy (non-hydrogen) atoms. The Bertz CT molecular complexity index is 168. The maximum Gasteiger partial charge on any atom is 0.370 e. The molecule has 0 aromatic heterocycles. The van der Waals surface area contributed by atoms with Crippen molar-refractivity contribution in [1.29, 1.82) is 0 Å². The Hall–Kier alpha value is 1.50. The molecule has 0 rings (SSSR count). The summed E-state index contributed by atoms with van der Waals surface area (Å²) in [5.41, 5.74) is 0. The molecule has 0 N–H and O–H groups in total. The van der Waals surface area contributed by atoms with Gasteiger partial charge in [-0.05, 0) is 11.8 Å². The Balaban J connectivity index is 4.18. The van der Waals surface area contributed by atoms with E-state index in [2.05, 4.69) is 41.5 Å². The molecule has 2 unspecified atom stereocenters. The van der Waals surface area contributed by atoms with E-state index in [1.165, 1.54) is 0 Å². The highest BCUT2D eigenvalue weighted by Crippen LogP contribution is 2.46. The molecule has 0 saturated carbocycles. The Morgan fingerprint density at radius 1 is 0.733 bits per heavy atom. The fourth-order valence-electron chi connectivity index (χ4n) is 0.733. The van der Waals surface area contributed by atoms with Crippen molar-refractivity contribution in [2.75, 3.05) is 0 Å². The predicted molar refractivity (Wildman–Crippen MR) is 81.2 cm³/mol. The van der Waals surface area contributed by atoms with Crippen molar-refractivity contribution in [2.45, 2.75) is 52.0 Å². The van der Waals surface area contributed by atoms with Gasteiger partial charge in [-0.3, -0.25) is 0 Å². The first-order chi connectivity index (χ1) is 6.65. The highest BCUT2D eigenvalue weighted by molar-refractivity contribution is 8.68. The van der Waals surface area contributed by atoms with E-state index in [0.29, 0.717) is 22.3 Å². The van der Waals surface area contributed by atoms with Gasteiger partial charge < -0.3 is 0 Å². The first-order valence-corrected chi connectivity index (χ1v) is 12.6. The van der Waals surface area contributed by atoms with E-state index in [4.69, 9.17) is 22.2 Å². The highest BCUT2D eigenvalue weighted by atomic mass is 35.7. The van der Waals surface area contributed by atoms with Crippen LogP contribution in [0.5, 0.6) is 0 Å². The lowest BCUT2D eigenvalue weighted by Crippen LogP contribution is -2.22. The van der Waals surface area contributed by atoms with Crippen molar-refractivity contribution in [3.63, 3.8) is 0 Å². The molecule has 0 fully saturated rings. The zero-order valence-electron chi connectivity index (χ0n) is 10.4. The van der Waals surface area contributed by atoms with E-state index in [1.807, 2.05) is 0 Å². The van der Waals surface area contributed by atoms with Gasteiger partial charge in [-0.25, -0.2) is 0 Å². The summed E-state index contributed by atoms with van der Waals surface area (Å²) in [6, 6.07) is 0. The predicted octanol–water partition coefficient (Wildman–Crippen LogP) is 5.46. The molecule has 0 spiro atoms. The highest BCUT2D eigenvalue weighted by Gasteiger charge is 2.36. The summed E-state index contributed by atoms with van der Waals surface area (Å²) in [4.78, 5) is -2.18. The minimum absolute atomic E-state index is 0.540. The summed E-state index contributed by atoms with van der Waals surface area (Å²) < 4.78 is 0. The molecule has 0 radical (unpaired) electrons. The van der Waals surface area contributed by atoms with Crippen molar-refractivity contribution < 1.29 is 0 Å². The van der Waals surface area contributed by atoms with Crippen LogP contribution in [-0.4, -0.2) is 15.5 Å². The quantitative estimate of drug-likeness (QED) is 0.472. The zero-order chi connectivity index (χ0) is 12.2. The fourth-order valence-corrected chi connectivity index (χ4v) is 14.9. The van der Waals surface area contributed by atoms with Crippen molar-refractivity contribution in [3.05, 3.63) is 0 Å². The molecule has 0 nitrogen and oxygen atoms in total. The normalized spacial score (nSPS) is 17.2. The number of halogens is 2. The molecule has 0 amide bonds. The van der Waals surface area contributed by atoms with Crippen LogP contribution in [0.4, 0.5) is 0 Å². The second kappa shape index (κ2) is 7.05. The molecule has 2 atom stereocenters. The molecule has 0 bridgehead atoms. The van der Waals surface area contributed by atoms with Gasteiger partial charge >= 0.3 is 4.99 Å². The van der Waals surface area contributed by atoms with Crippen LogP contribution in [-0.2, 0) is 0 Å². The van der Waals surface area contributed by atoms with E-state index in [1.54, 1.807) is 22.4 Å². The lowest BCUT2D eigenvalue weighted by Gasteiger charge is -2.26. The van der Waals surface area contributed by atoms with E-state index in [0.717, 1.165) is 0 Å². The molecule has 0 aromatic rings. The maximum absolute atomic E-state index is 6.44. The van der Waals surface area contributed by atoms with Crippen molar-refractivity contribution in [3.8, 4) is 0 Å². The average Bonchev–Trinajstić information content (AvgIpc) is 2.01. The Labute approximate surface area is 113 Å². The molecular weight excluding hydrogens is 283 g/mol. The monoisotopic (exact) mass is 304 g/mol. The van der Waals surface area contributed by atoms with E-state index in [9.17, 15) is 0 Å². The van der Waals surface area contributed by atoms with E-state index < -0.39 is 4.99 Å². The van der Waals surface area contributed by atoms with Gasteiger partial charge in [-0.2, -0.15) is 0 Å². The summed E-state index contributed by atoms with van der Waals surface area (Å²) in [6.45, 7) is 13.3. The Kier molecular flexibility index (Phi) is 7.75. The summed E-state index contributed by atoms with van der Waals surface area (Å²) in [5, 5.41) is 1.08. The molecule has 0 aliphatic rings. The third-order valence-electron chi connectivity index (χ3n) is 2.52. The lowest BCUT2D eigenvalue weighted by atomic mass is 10.2. The van der Waals surface area contributed by atoms with Crippen LogP contribution in [0, 0.1) is 11.8 Å². The zero-order valence-corrected chi connectivity index (χ0v) is 14.5. The van der Waals surface area contributed by atoms with E-state index >= 15 is 0 Å². The van der Waals surface area contributed by atoms with Crippen LogP contribution in [0.15, 0.2) is 0 Å². The van der Waals surface area contributed by atoms with Crippen LogP contribution >= 0.6 is 44.6 Å². The van der Waals surface area contributed by atoms with Gasteiger partial charge in [0.05, 0.1) is 0 Å². The summed E-state index contributed by atoms with van der Waals surface area (Å²) in [7, 11) is 0. The standard InChI is InChI=1S/C10H22Cl2S2Si/c1-7(2)9(5)13-15(11,12)14-10(6)8(3)4/h7-10H,1-6H3.